The fourth-order valence-corrected chi connectivity index (χ4v) is 5.06. The van der Waals surface area contributed by atoms with Gasteiger partial charge in [-0.3, -0.25) is 9.69 Å². The van der Waals surface area contributed by atoms with E-state index in [4.69, 9.17) is 16.6 Å². The summed E-state index contributed by atoms with van der Waals surface area (Å²) < 4.78 is 14.1. The Morgan fingerprint density at radius 2 is 1.87 bits per heavy atom. The molecule has 0 spiro atoms. The first-order valence-corrected chi connectivity index (χ1v) is 11.9. The summed E-state index contributed by atoms with van der Waals surface area (Å²) in [7, 11) is 4.04. The van der Waals surface area contributed by atoms with E-state index in [2.05, 4.69) is 4.90 Å². The molecule has 0 atom stereocenters. The summed E-state index contributed by atoms with van der Waals surface area (Å²) in [5.74, 6) is 0.421. The molecule has 3 aromatic rings. The molecule has 3 rings (SSSR count). The van der Waals surface area contributed by atoms with Crippen molar-refractivity contribution in [3.05, 3.63) is 52.8 Å². The van der Waals surface area contributed by atoms with Gasteiger partial charge in [0.2, 0.25) is 5.91 Å². The Labute approximate surface area is 202 Å². The quantitative estimate of drug-likeness (QED) is 0.323. The number of fused-ring (bicyclic) bond motifs is 1. The number of amides is 1. The number of thiazole rings is 1. The molecule has 0 saturated heterocycles. The second kappa shape index (κ2) is 12.0. The third-order valence-corrected chi connectivity index (χ3v) is 7.12. The third-order valence-electron chi connectivity index (χ3n) is 4.65. The first-order chi connectivity index (χ1) is 14.3. The number of benzene rings is 2. The van der Waals surface area contributed by atoms with E-state index in [1.165, 1.54) is 23.5 Å². The van der Waals surface area contributed by atoms with Gasteiger partial charge in [0.25, 0.3) is 0 Å². The average molecular weight is 503 g/mol. The van der Waals surface area contributed by atoms with Crippen LogP contribution in [0, 0.1) is 12.7 Å². The lowest BCUT2D eigenvalue weighted by Gasteiger charge is -2.21. The number of aromatic nitrogens is 1. The van der Waals surface area contributed by atoms with E-state index >= 15 is 0 Å². The van der Waals surface area contributed by atoms with Crippen LogP contribution in [0.3, 0.4) is 0 Å². The number of anilines is 1. The van der Waals surface area contributed by atoms with Crippen molar-refractivity contribution in [2.24, 2.45) is 0 Å². The molecule has 0 saturated carbocycles. The van der Waals surface area contributed by atoms with E-state index in [1.807, 2.05) is 33.2 Å². The highest BCUT2D eigenvalue weighted by atomic mass is 35.5. The highest BCUT2D eigenvalue weighted by Gasteiger charge is 2.20. The second-order valence-corrected chi connectivity index (χ2v) is 9.85. The molecule has 9 heteroatoms. The maximum absolute atomic E-state index is 13.1. The lowest BCUT2D eigenvalue weighted by Crippen LogP contribution is -2.33. The zero-order valence-electron chi connectivity index (χ0n) is 17.7. The molecule has 1 heterocycles. The standard InChI is InChI=1S/C22H25ClFN3OS2.ClH/c1-15-18(23)9-10-19-21(15)25-22(30-19)27(13-4-12-26(2)3)20(28)11-14-29-17-7-5-16(24)6-8-17;/h5-10H,4,11-14H2,1-3H3;1H. The molecule has 0 aliphatic carbocycles. The van der Waals surface area contributed by atoms with Gasteiger partial charge in [0.05, 0.1) is 10.2 Å². The molecule has 2 aromatic carbocycles. The van der Waals surface area contributed by atoms with Gasteiger partial charge in [0.15, 0.2) is 5.13 Å². The number of hydrogen-bond acceptors (Lipinski definition) is 5. The van der Waals surface area contributed by atoms with E-state index in [-0.39, 0.29) is 24.1 Å². The molecule has 4 nitrogen and oxygen atoms in total. The molecule has 0 aliphatic heterocycles. The Hall–Kier alpha value is -1.38. The van der Waals surface area contributed by atoms with Gasteiger partial charge < -0.3 is 4.90 Å². The lowest BCUT2D eigenvalue weighted by atomic mass is 10.2. The minimum absolute atomic E-state index is 0. The predicted molar refractivity (Wildman–Crippen MR) is 134 cm³/mol. The van der Waals surface area contributed by atoms with E-state index in [1.54, 1.807) is 28.8 Å². The van der Waals surface area contributed by atoms with Crippen LogP contribution >= 0.6 is 47.1 Å². The Morgan fingerprint density at radius 3 is 2.55 bits per heavy atom. The Kier molecular flexibility index (Phi) is 10.0. The maximum Gasteiger partial charge on any atom is 0.229 e. The largest absolute Gasteiger partial charge is 0.309 e. The van der Waals surface area contributed by atoms with Gasteiger partial charge in [-0.25, -0.2) is 9.37 Å². The topological polar surface area (TPSA) is 36.4 Å². The van der Waals surface area contributed by atoms with Crippen LogP contribution in [0.5, 0.6) is 0 Å². The van der Waals surface area contributed by atoms with E-state index < -0.39 is 0 Å². The summed E-state index contributed by atoms with van der Waals surface area (Å²) in [6, 6.07) is 10.2. The highest BCUT2D eigenvalue weighted by Crippen LogP contribution is 2.34. The number of carbonyl (C=O) groups is 1. The minimum Gasteiger partial charge on any atom is -0.309 e. The molecule has 1 aromatic heterocycles. The summed E-state index contributed by atoms with van der Waals surface area (Å²) in [5, 5.41) is 1.39. The minimum atomic E-state index is -0.256. The zero-order valence-corrected chi connectivity index (χ0v) is 20.9. The number of hydrogen-bond donors (Lipinski definition) is 0. The Bertz CT molecular complexity index is 1010. The zero-order chi connectivity index (χ0) is 21.7. The molecule has 0 unspecified atom stereocenters. The van der Waals surface area contributed by atoms with Crippen LogP contribution in [-0.4, -0.2) is 48.7 Å². The summed E-state index contributed by atoms with van der Waals surface area (Å²) >= 11 is 9.32. The number of nitrogens with zero attached hydrogens (tertiary/aromatic N) is 3. The fourth-order valence-electron chi connectivity index (χ4n) is 3.00. The third kappa shape index (κ3) is 7.05. The first kappa shape index (κ1) is 25.9. The van der Waals surface area contributed by atoms with Crippen molar-refractivity contribution < 1.29 is 9.18 Å². The van der Waals surface area contributed by atoms with Gasteiger partial charge in [-0.05, 0) is 75.9 Å². The number of thioether (sulfide) groups is 1. The molecule has 0 radical (unpaired) electrons. The number of halogens is 3. The van der Waals surface area contributed by atoms with Crippen LogP contribution < -0.4 is 4.90 Å². The summed E-state index contributed by atoms with van der Waals surface area (Å²) in [6.07, 6.45) is 1.25. The molecule has 168 valence electrons. The first-order valence-electron chi connectivity index (χ1n) is 9.74. The van der Waals surface area contributed by atoms with Crippen LogP contribution in [0.1, 0.15) is 18.4 Å². The molecule has 31 heavy (non-hydrogen) atoms. The number of rotatable bonds is 9. The molecular formula is C22H26Cl2FN3OS2. The average Bonchev–Trinajstić information content (AvgIpc) is 3.14. The summed E-state index contributed by atoms with van der Waals surface area (Å²) in [4.78, 5) is 22.7. The van der Waals surface area contributed by atoms with Gasteiger partial charge in [0.1, 0.15) is 5.82 Å². The molecule has 0 fully saturated rings. The monoisotopic (exact) mass is 501 g/mol. The van der Waals surface area contributed by atoms with E-state index in [0.29, 0.717) is 28.9 Å². The van der Waals surface area contributed by atoms with Gasteiger partial charge in [0, 0.05) is 28.6 Å². The predicted octanol–water partition coefficient (Wildman–Crippen LogP) is 6.29. The smallest absolute Gasteiger partial charge is 0.229 e. The Balaban J connectivity index is 0.00000341. The highest BCUT2D eigenvalue weighted by molar-refractivity contribution is 7.99. The van der Waals surface area contributed by atoms with Crippen LogP contribution in [0.15, 0.2) is 41.3 Å². The number of aryl methyl sites for hydroxylation is 1. The molecule has 0 N–H and O–H groups in total. The van der Waals surface area contributed by atoms with Gasteiger partial charge in [-0.2, -0.15) is 0 Å². The molecule has 0 aliphatic rings. The van der Waals surface area contributed by atoms with Crippen molar-refractivity contribution in [3.63, 3.8) is 0 Å². The summed E-state index contributed by atoms with van der Waals surface area (Å²) in [6.45, 7) is 3.46. The van der Waals surface area contributed by atoms with Crippen molar-refractivity contribution in [2.75, 3.05) is 37.8 Å². The summed E-state index contributed by atoms with van der Waals surface area (Å²) in [5.41, 5.74) is 1.79. The van der Waals surface area contributed by atoms with Crippen molar-refractivity contribution in [1.29, 1.82) is 0 Å². The SMILES string of the molecule is Cc1c(Cl)ccc2sc(N(CCCN(C)C)C(=O)CCSc3ccc(F)cc3)nc12.Cl. The van der Waals surface area contributed by atoms with Crippen molar-refractivity contribution in [1.82, 2.24) is 9.88 Å². The van der Waals surface area contributed by atoms with Crippen molar-refractivity contribution >= 4 is 68.4 Å². The van der Waals surface area contributed by atoms with Gasteiger partial charge >= 0.3 is 0 Å². The van der Waals surface area contributed by atoms with E-state index in [9.17, 15) is 9.18 Å². The normalized spacial score (nSPS) is 11.0. The Morgan fingerprint density at radius 1 is 1.16 bits per heavy atom. The molecule has 1 amide bonds. The molecule has 0 bridgehead atoms. The fraction of sp³-hybridized carbons (Fsp3) is 0.364. The maximum atomic E-state index is 13.1. The second-order valence-electron chi connectivity index (χ2n) is 7.27. The van der Waals surface area contributed by atoms with Crippen LogP contribution in [0.2, 0.25) is 5.02 Å². The molecular weight excluding hydrogens is 476 g/mol. The van der Waals surface area contributed by atoms with Crippen molar-refractivity contribution in [3.8, 4) is 0 Å². The van der Waals surface area contributed by atoms with E-state index in [0.717, 1.165) is 33.6 Å². The number of carbonyl (C=O) groups excluding carboxylic acids is 1. The van der Waals surface area contributed by atoms with Crippen LogP contribution in [0.25, 0.3) is 10.2 Å². The van der Waals surface area contributed by atoms with Crippen LogP contribution in [0.4, 0.5) is 9.52 Å². The van der Waals surface area contributed by atoms with Gasteiger partial charge in [-0.15, -0.1) is 24.2 Å². The lowest BCUT2D eigenvalue weighted by molar-refractivity contribution is -0.118. The van der Waals surface area contributed by atoms with Crippen molar-refractivity contribution in [2.45, 2.75) is 24.7 Å². The van der Waals surface area contributed by atoms with Gasteiger partial charge in [-0.1, -0.05) is 22.9 Å². The van der Waals surface area contributed by atoms with Crippen LogP contribution in [-0.2, 0) is 4.79 Å².